The van der Waals surface area contributed by atoms with Crippen molar-refractivity contribution in [3.8, 4) is 0 Å². The Morgan fingerprint density at radius 1 is 1.53 bits per heavy atom. The molecule has 3 rings (SSSR count). The molecule has 1 amide bonds. The van der Waals surface area contributed by atoms with E-state index >= 15 is 0 Å². The van der Waals surface area contributed by atoms with Crippen molar-refractivity contribution < 1.29 is 4.79 Å². The monoisotopic (exact) mass is 245 g/mol. The zero-order chi connectivity index (χ0) is 9.54. The smallest absolute Gasteiger partial charge is 0.228 e. The highest BCUT2D eigenvalue weighted by Crippen LogP contribution is 2.49. The van der Waals surface area contributed by atoms with Crippen LogP contribution in [0.15, 0.2) is 12.3 Å². The van der Waals surface area contributed by atoms with Crippen LogP contribution in [0.2, 0.25) is 0 Å². The molecule has 0 radical (unpaired) electrons. The highest BCUT2D eigenvalue weighted by molar-refractivity contribution is 7.10. The van der Waals surface area contributed by atoms with Crippen LogP contribution in [0.3, 0.4) is 0 Å². The van der Waals surface area contributed by atoms with Crippen LogP contribution in [-0.2, 0) is 4.79 Å². The van der Waals surface area contributed by atoms with E-state index in [0.29, 0.717) is 11.8 Å². The average molecular weight is 246 g/mol. The summed E-state index contributed by atoms with van der Waals surface area (Å²) in [6.07, 6.45) is 1.70. The van der Waals surface area contributed by atoms with Gasteiger partial charge in [-0.05, 0) is 42.5 Å². The first-order valence-electron chi connectivity index (χ1n) is 4.78. The summed E-state index contributed by atoms with van der Waals surface area (Å²) in [6.45, 7) is 2.01. The van der Waals surface area contributed by atoms with Crippen molar-refractivity contribution in [1.82, 2.24) is 9.69 Å². The van der Waals surface area contributed by atoms with Crippen LogP contribution in [0.25, 0.3) is 0 Å². The summed E-state index contributed by atoms with van der Waals surface area (Å²) in [5.74, 6) is 1.59. The number of carbonyl (C=O) groups is 1. The van der Waals surface area contributed by atoms with E-state index in [9.17, 15) is 4.79 Å². The van der Waals surface area contributed by atoms with Crippen LogP contribution < -0.4 is 10.6 Å². The van der Waals surface area contributed by atoms with Gasteiger partial charge in [-0.2, -0.15) is 4.37 Å². The minimum atomic E-state index is 0. The third-order valence-corrected chi connectivity index (χ3v) is 3.74. The Morgan fingerprint density at radius 2 is 2.27 bits per heavy atom. The molecule has 0 aromatic carbocycles. The Morgan fingerprint density at radius 3 is 2.87 bits per heavy atom. The van der Waals surface area contributed by atoms with Gasteiger partial charge in [0, 0.05) is 12.1 Å². The zero-order valence-electron chi connectivity index (χ0n) is 7.97. The summed E-state index contributed by atoms with van der Waals surface area (Å²) in [4.78, 5) is 11.7. The van der Waals surface area contributed by atoms with Gasteiger partial charge in [-0.15, -0.1) is 12.4 Å². The molecule has 2 heterocycles. The Balaban J connectivity index is 0.000000853. The molecule has 2 unspecified atom stereocenters. The normalized spacial score (nSPS) is 31.6. The lowest BCUT2D eigenvalue weighted by Gasteiger charge is -2.03. The van der Waals surface area contributed by atoms with Crippen molar-refractivity contribution in [2.24, 2.45) is 17.8 Å². The van der Waals surface area contributed by atoms with E-state index in [0.717, 1.165) is 18.1 Å². The molecule has 0 spiro atoms. The lowest BCUT2D eigenvalue weighted by atomic mass is 10.2. The van der Waals surface area contributed by atoms with Crippen LogP contribution in [-0.4, -0.2) is 23.4 Å². The Kier molecular flexibility index (Phi) is 2.95. The van der Waals surface area contributed by atoms with Crippen molar-refractivity contribution in [3.05, 3.63) is 12.3 Å². The van der Waals surface area contributed by atoms with Crippen LogP contribution >= 0.6 is 23.9 Å². The van der Waals surface area contributed by atoms with Crippen molar-refractivity contribution in [3.63, 3.8) is 0 Å². The molecule has 82 valence electrons. The molecular formula is C9H12ClN3OS. The van der Waals surface area contributed by atoms with E-state index in [1.807, 2.05) is 6.07 Å². The maximum atomic E-state index is 11.7. The number of nitrogens with zero attached hydrogens (tertiary/aromatic N) is 1. The third-order valence-electron chi connectivity index (χ3n) is 3.08. The van der Waals surface area contributed by atoms with E-state index in [1.165, 1.54) is 11.5 Å². The standard InChI is InChI=1S/C9H11N3OS.ClH/c13-9(12-7-1-2-11-14-7)8-5-3-10-4-6(5)8;/h1-2,5-6,8,10H,3-4H2,(H,12,13);1H. The SMILES string of the molecule is Cl.O=C(Nc1ccns1)C1C2CNCC21. The summed E-state index contributed by atoms with van der Waals surface area (Å²) in [6, 6.07) is 1.83. The molecule has 1 aliphatic heterocycles. The summed E-state index contributed by atoms with van der Waals surface area (Å²) < 4.78 is 3.94. The molecule has 2 atom stereocenters. The summed E-state index contributed by atoms with van der Waals surface area (Å²) >= 11 is 1.33. The van der Waals surface area contributed by atoms with E-state index in [-0.39, 0.29) is 24.2 Å². The predicted molar refractivity (Wildman–Crippen MR) is 61.3 cm³/mol. The fourth-order valence-corrected chi connectivity index (χ4v) is 2.80. The molecule has 1 aromatic heterocycles. The Bertz CT molecular complexity index is 346. The summed E-state index contributed by atoms with van der Waals surface area (Å²) in [5.41, 5.74) is 0. The molecule has 0 bridgehead atoms. The maximum absolute atomic E-state index is 11.7. The van der Waals surface area contributed by atoms with Gasteiger partial charge in [0.15, 0.2) is 0 Å². The van der Waals surface area contributed by atoms with Crippen molar-refractivity contribution in [2.75, 3.05) is 18.4 Å². The van der Waals surface area contributed by atoms with Gasteiger partial charge in [-0.25, -0.2) is 0 Å². The second-order valence-corrected chi connectivity index (χ2v) is 4.71. The van der Waals surface area contributed by atoms with Crippen molar-refractivity contribution in [1.29, 1.82) is 0 Å². The first-order chi connectivity index (χ1) is 6.86. The van der Waals surface area contributed by atoms with E-state index in [1.54, 1.807) is 6.20 Å². The Hall–Kier alpha value is -0.650. The number of rotatable bonds is 2. The average Bonchev–Trinajstić information content (AvgIpc) is 2.63. The van der Waals surface area contributed by atoms with Crippen LogP contribution in [0.5, 0.6) is 0 Å². The maximum Gasteiger partial charge on any atom is 0.228 e. The fourth-order valence-electron chi connectivity index (χ4n) is 2.29. The fraction of sp³-hybridized carbons (Fsp3) is 0.556. The number of fused-ring (bicyclic) bond motifs is 1. The molecule has 1 aliphatic carbocycles. The topological polar surface area (TPSA) is 54.0 Å². The number of amides is 1. The third kappa shape index (κ3) is 1.87. The number of hydrogen-bond donors (Lipinski definition) is 2. The molecular weight excluding hydrogens is 234 g/mol. The quantitative estimate of drug-likeness (QED) is 0.817. The summed E-state index contributed by atoms with van der Waals surface area (Å²) in [5, 5.41) is 7.03. The molecule has 4 nitrogen and oxygen atoms in total. The molecule has 15 heavy (non-hydrogen) atoms. The Labute approximate surface area is 98.0 Å². The molecule has 6 heteroatoms. The predicted octanol–water partition coefficient (Wildman–Crippen LogP) is 0.969. The molecule has 2 N–H and O–H groups in total. The summed E-state index contributed by atoms with van der Waals surface area (Å²) in [7, 11) is 0. The zero-order valence-corrected chi connectivity index (χ0v) is 9.61. The van der Waals surface area contributed by atoms with E-state index in [2.05, 4.69) is 15.0 Å². The number of piperidine rings is 1. The molecule has 2 aliphatic rings. The van der Waals surface area contributed by atoms with Crippen LogP contribution in [0.4, 0.5) is 5.00 Å². The highest BCUT2D eigenvalue weighted by atomic mass is 35.5. The first-order valence-corrected chi connectivity index (χ1v) is 5.56. The van der Waals surface area contributed by atoms with E-state index < -0.39 is 0 Å². The molecule has 2 fully saturated rings. The van der Waals surface area contributed by atoms with Crippen LogP contribution in [0.1, 0.15) is 0 Å². The molecule has 1 saturated heterocycles. The highest BCUT2D eigenvalue weighted by Gasteiger charge is 2.56. The lowest BCUT2D eigenvalue weighted by Crippen LogP contribution is -2.22. The molecule has 1 aromatic rings. The van der Waals surface area contributed by atoms with Gasteiger partial charge >= 0.3 is 0 Å². The van der Waals surface area contributed by atoms with Gasteiger partial charge in [0.25, 0.3) is 0 Å². The molecule has 1 saturated carbocycles. The largest absolute Gasteiger partial charge is 0.316 e. The number of carbonyl (C=O) groups excluding carboxylic acids is 1. The van der Waals surface area contributed by atoms with Gasteiger partial charge in [0.05, 0.1) is 0 Å². The number of aromatic nitrogens is 1. The number of halogens is 1. The van der Waals surface area contributed by atoms with Crippen molar-refractivity contribution >= 4 is 34.8 Å². The minimum Gasteiger partial charge on any atom is -0.316 e. The van der Waals surface area contributed by atoms with Gasteiger partial charge < -0.3 is 10.6 Å². The second-order valence-electron chi connectivity index (χ2n) is 3.88. The van der Waals surface area contributed by atoms with Crippen LogP contribution in [0, 0.1) is 17.8 Å². The van der Waals surface area contributed by atoms with Gasteiger partial charge in [0.2, 0.25) is 5.91 Å². The minimum absolute atomic E-state index is 0. The number of hydrogen-bond acceptors (Lipinski definition) is 4. The van der Waals surface area contributed by atoms with Gasteiger partial charge in [-0.3, -0.25) is 4.79 Å². The van der Waals surface area contributed by atoms with Gasteiger partial charge in [0.1, 0.15) is 5.00 Å². The number of anilines is 1. The first kappa shape index (κ1) is 10.9. The van der Waals surface area contributed by atoms with E-state index in [4.69, 9.17) is 0 Å². The second kappa shape index (κ2) is 4.08. The lowest BCUT2D eigenvalue weighted by molar-refractivity contribution is -0.118. The van der Waals surface area contributed by atoms with Gasteiger partial charge in [-0.1, -0.05) is 0 Å². The number of nitrogens with one attached hydrogen (secondary N) is 2. The van der Waals surface area contributed by atoms with Crippen molar-refractivity contribution in [2.45, 2.75) is 0 Å².